The van der Waals surface area contributed by atoms with Crippen molar-refractivity contribution in [3.63, 3.8) is 0 Å². The second-order valence-corrected chi connectivity index (χ2v) is 6.68. The van der Waals surface area contributed by atoms with Gasteiger partial charge < -0.3 is 4.74 Å². The van der Waals surface area contributed by atoms with Crippen molar-refractivity contribution in [3.05, 3.63) is 35.4 Å². The van der Waals surface area contributed by atoms with Crippen molar-refractivity contribution in [2.45, 2.75) is 37.5 Å². The first kappa shape index (κ1) is 14.2. The molecule has 1 aliphatic heterocycles. The number of methoxy groups -OCH3 is 1. The summed E-state index contributed by atoms with van der Waals surface area (Å²) in [6.45, 7) is 6.52. The molecule has 1 aliphatic rings. The lowest BCUT2D eigenvalue weighted by molar-refractivity contribution is -0.134. The van der Waals surface area contributed by atoms with Crippen molar-refractivity contribution in [2.24, 2.45) is 0 Å². The van der Waals surface area contributed by atoms with E-state index in [9.17, 15) is 4.79 Å². The number of carbonyl (C=O) groups excluding carboxylic acids is 1. The first-order chi connectivity index (χ1) is 8.94. The Labute approximate surface area is 119 Å². The molecule has 0 bridgehead atoms. The molecule has 0 radical (unpaired) electrons. The molecule has 0 unspecified atom stereocenters. The minimum atomic E-state index is -0.302. The van der Waals surface area contributed by atoms with E-state index in [2.05, 4.69) is 36.8 Å². The minimum Gasteiger partial charge on any atom is -0.466 e. The van der Waals surface area contributed by atoms with Gasteiger partial charge >= 0.3 is 5.97 Å². The molecule has 1 aromatic rings. The average molecular weight is 276 g/mol. The number of hydrogen-bond donors (Lipinski definition) is 0. The summed E-state index contributed by atoms with van der Waals surface area (Å²) in [6.07, 6.45) is 2.73. The third-order valence-corrected chi connectivity index (χ3v) is 4.76. The smallest absolute Gasteiger partial charge is 0.330 e. The third-order valence-electron chi connectivity index (χ3n) is 3.68. The van der Waals surface area contributed by atoms with E-state index in [0.717, 1.165) is 11.1 Å². The fourth-order valence-electron chi connectivity index (χ4n) is 2.30. The molecular formula is C16H20O2S. The molecule has 0 spiro atoms. The van der Waals surface area contributed by atoms with Gasteiger partial charge in [-0.2, -0.15) is 0 Å². The molecule has 2 rings (SSSR count). The summed E-state index contributed by atoms with van der Waals surface area (Å²) >= 11 is 1.92. The summed E-state index contributed by atoms with van der Waals surface area (Å²) in [6, 6.07) is 6.48. The van der Waals surface area contributed by atoms with E-state index in [0.29, 0.717) is 0 Å². The molecule has 3 heteroatoms. The fraction of sp³-hybridized carbons (Fsp3) is 0.438. The van der Waals surface area contributed by atoms with E-state index < -0.39 is 0 Å². The molecule has 102 valence electrons. The van der Waals surface area contributed by atoms with E-state index in [1.807, 2.05) is 18.7 Å². The lowest BCUT2D eigenvalue weighted by Crippen LogP contribution is -2.22. The number of fused-ring (bicyclic) bond motifs is 1. The second-order valence-electron chi connectivity index (χ2n) is 5.54. The van der Waals surface area contributed by atoms with Crippen LogP contribution in [-0.2, 0) is 14.9 Å². The van der Waals surface area contributed by atoms with Crippen molar-refractivity contribution in [3.8, 4) is 0 Å². The van der Waals surface area contributed by atoms with Gasteiger partial charge in [0.05, 0.1) is 7.11 Å². The van der Waals surface area contributed by atoms with Crippen LogP contribution in [0.25, 0.3) is 5.57 Å². The van der Waals surface area contributed by atoms with Crippen LogP contribution in [0.3, 0.4) is 0 Å². The van der Waals surface area contributed by atoms with Gasteiger partial charge in [0.25, 0.3) is 0 Å². The predicted octanol–water partition coefficient (Wildman–Crippen LogP) is 4.04. The van der Waals surface area contributed by atoms with Crippen LogP contribution < -0.4 is 0 Å². The SMILES string of the molecule is COC(=O)C=C(C)c1ccc2c(c1)C(C)(C)CCS2. The van der Waals surface area contributed by atoms with Crippen LogP contribution in [0.2, 0.25) is 0 Å². The van der Waals surface area contributed by atoms with Crippen LogP contribution in [0.5, 0.6) is 0 Å². The number of hydrogen-bond acceptors (Lipinski definition) is 3. The number of esters is 1. The summed E-state index contributed by atoms with van der Waals surface area (Å²) < 4.78 is 4.68. The maximum absolute atomic E-state index is 11.3. The molecule has 0 aromatic heterocycles. The molecule has 1 aromatic carbocycles. The maximum atomic E-state index is 11.3. The summed E-state index contributed by atoms with van der Waals surface area (Å²) in [4.78, 5) is 12.7. The molecule has 0 N–H and O–H groups in total. The molecule has 0 saturated carbocycles. The number of rotatable bonds is 2. The topological polar surface area (TPSA) is 26.3 Å². The standard InChI is InChI=1S/C16H20O2S/c1-11(9-15(17)18-4)12-5-6-14-13(10-12)16(2,3)7-8-19-14/h5-6,9-10H,7-8H2,1-4H3. The largest absolute Gasteiger partial charge is 0.466 e. The van der Waals surface area contributed by atoms with E-state index >= 15 is 0 Å². The molecule has 1 heterocycles. The van der Waals surface area contributed by atoms with Gasteiger partial charge in [0.15, 0.2) is 0 Å². The van der Waals surface area contributed by atoms with Gasteiger partial charge in [0.2, 0.25) is 0 Å². The normalized spacial score (nSPS) is 17.8. The summed E-state index contributed by atoms with van der Waals surface area (Å²) in [5.41, 5.74) is 3.64. The van der Waals surface area contributed by atoms with E-state index in [1.165, 1.54) is 29.7 Å². The van der Waals surface area contributed by atoms with Crippen LogP contribution in [-0.4, -0.2) is 18.8 Å². The summed E-state index contributed by atoms with van der Waals surface area (Å²) in [5.74, 6) is 0.875. The fourth-order valence-corrected chi connectivity index (χ4v) is 3.79. The van der Waals surface area contributed by atoms with E-state index in [-0.39, 0.29) is 11.4 Å². The Morgan fingerprint density at radius 1 is 1.42 bits per heavy atom. The first-order valence-corrected chi connectivity index (χ1v) is 7.46. The molecule has 0 atom stereocenters. The highest BCUT2D eigenvalue weighted by atomic mass is 32.2. The van der Waals surface area contributed by atoms with E-state index in [1.54, 1.807) is 6.08 Å². The highest BCUT2D eigenvalue weighted by Crippen LogP contribution is 2.42. The second kappa shape index (κ2) is 5.41. The molecular weight excluding hydrogens is 256 g/mol. The molecule has 0 fully saturated rings. The van der Waals surface area contributed by atoms with Crippen LogP contribution in [0.15, 0.2) is 29.2 Å². The molecule has 2 nitrogen and oxygen atoms in total. The molecule has 0 amide bonds. The van der Waals surface area contributed by atoms with Gasteiger partial charge in [-0.3, -0.25) is 0 Å². The van der Waals surface area contributed by atoms with Crippen molar-refractivity contribution >= 4 is 23.3 Å². The Balaban J connectivity index is 2.40. The lowest BCUT2D eigenvalue weighted by Gasteiger charge is -2.32. The zero-order valence-electron chi connectivity index (χ0n) is 11.9. The first-order valence-electron chi connectivity index (χ1n) is 6.48. The van der Waals surface area contributed by atoms with E-state index in [4.69, 9.17) is 0 Å². The van der Waals surface area contributed by atoms with Crippen molar-refractivity contribution in [2.75, 3.05) is 12.9 Å². The number of ether oxygens (including phenoxy) is 1. The van der Waals surface area contributed by atoms with Crippen LogP contribution >= 0.6 is 11.8 Å². The zero-order chi connectivity index (χ0) is 14.0. The third kappa shape index (κ3) is 3.03. The van der Waals surface area contributed by atoms with Gasteiger partial charge in [-0.1, -0.05) is 19.9 Å². The maximum Gasteiger partial charge on any atom is 0.330 e. The Bertz CT molecular complexity index is 530. The van der Waals surface area contributed by atoms with Crippen LogP contribution in [0, 0.1) is 0 Å². The number of carbonyl (C=O) groups is 1. The van der Waals surface area contributed by atoms with Gasteiger partial charge in [0.1, 0.15) is 0 Å². The van der Waals surface area contributed by atoms with Crippen molar-refractivity contribution < 1.29 is 9.53 Å². The molecule has 0 saturated heterocycles. The monoisotopic (exact) mass is 276 g/mol. The van der Waals surface area contributed by atoms with Gasteiger partial charge in [0, 0.05) is 11.0 Å². The van der Waals surface area contributed by atoms with Gasteiger partial charge in [-0.25, -0.2) is 4.79 Å². The van der Waals surface area contributed by atoms with Crippen molar-refractivity contribution in [1.29, 1.82) is 0 Å². The van der Waals surface area contributed by atoms with Crippen LogP contribution in [0.1, 0.15) is 38.3 Å². The molecule has 19 heavy (non-hydrogen) atoms. The summed E-state index contributed by atoms with van der Waals surface area (Å²) in [5, 5.41) is 0. The lowest BCUT2D eigenvalue weighted by atomic mass is 9.80. The Morgan fingerprint density at radius 3 is 2.84 bits per heavy atom. The minimum absolute atomic E-state index is 0.210. The van der Waals surface area contributed by atoms with Gasteiger partial charge in [-0.05, 0) is 53.3 Å². The number of thioether (sulfide) groups is 1. The Kier molecular flexibility index (Phi) is 4.04. The molecule has 0 aliphatic carbocycles. The highest BCUT2D eigenvalue weighted by molar-refractivity contribution is 7.99. The highest BCUT2D eigenvalue weighted by Gasteiger charge is 2.27. The van der Waals surface area contributed by atoms with Crippen LogP contribution in [0.4, 0.5) is 0 Å². The predicted molar refractivity (Wildman–Crippen MR) is 80.5 cm³/mol. The quantitative estimate of drug-likeness (QED) is 0.602. The number of allylic oxidation sites excluding steroid dienone is 1. The number of benzene rings is 1. The Hall–Kier alpha value is -1.22. The van der Waals surface area contributed by atoms with Crippen molar-refractivity contribution in [1.82, 2.24) is 0 Å². The van der Waals surface area contributed by atoms with Gasteiger partial charge in [-0.15, -0.1) is 11.8 Å². The summed E-state index contributed by atoms with van der Waals surface area (Å²) in [7, 11) is 1.40. The zero-order valence-corrected chi connectivity index (χ0v) is 12.8. The average Bonchev–Trinajstić information content (AvgIpc) is 2.38. The Morgan fingerprint density at radius 2 is 2.16 bits per heavy atom.